The highest BCUT2D eigenvalue weighted by molar-refractivity contribution is 7.59. The highest BCUT2D eigenvalue weighted by Gasteiger charge is 2.36. The normalized spacial score (nSPS) is 15.6. The Morgan fingerprint density at radius 3 is 2.28 bits per heavy atom. The Labute approximate surface area is 272 Å². The lowest BCUT2D eigenvalue weighted by molar-refractivity contribution is -0.129. The van der Waals surface area contributed by atoms with Crippen molar-refractivity contribution in [1.82, 2.24) is 16.0 Å². The fraction of sp³-hybridized carbons (Fsp3) is 0.257. The number of amides is 4. The second kappa shape index (κ2) is 16.5. The minimum Gasteiger partial charge on any atom is -0.368 e. The molecular weight excluding hydrogens is 622 g/mol. The summed E-state index contributed by atoms with van der Waals surface area (Å²) in [4.78, 5) is 62.7. The van der Waals surface area contributed by atoms with Gasteiger partial charge in [-0.3, -0.25) is 23.7 Å². The summed E-state index contributed by atoms with van der Waals surface area (Å²) >= 11 is 0. The van der Waals surface area contributed by atoms with Crippen molar-refractivity contribution in [1.29, 1.82) is 0 Å². The molecule has 3 aromatic carbocycles. The molecule has 0 heterocycles. The van der Waals surface area contributed by atoms with Gasteiger partial charge >= 0.3 is 0 Å². The molecule has 10 nitrogen and oxygen atoms in total. The molecule has 4 atom stereocenters. The Hall–Kier alpha value is -5.04. The zero-order valence-corrected chi connectivity index (χ0v) is 26.4. The highest BCUT2D eigenvalue weighted by Crippen LogP contribution is 2.46. The van der Waals surface area contributed by atoms with E-state index in [9.17, 15) is 33.0 Å². The standard InChI is InChI=1S/C35H36FN4O6P/c36-28-15-8-14-27(22-28)34(43)40-32(21-26-11-5-2-6-12-26)47(45,46)23-31(41)38-30(20-19-25-17-18-25)35(44)39-29(33(37)42)16-7-13-24-9-3-1-4-10-24/h1-15,22,25,29-30,32H,16-18,21,23H2,(H2,37,42)(H,38,41)(H,39,44)(H,40,43)(H,45,46)/b13-7+/t29-,30-,32?/m0/s1. The van der Waals surface area contributed by atoms with E-state index in [2.05, 4.69) is 27.8 Å². The van der Waals surface area contributed by atoms with E-state index in [-0.39, 0.29) is 24.3 Å². The first-order valence-corrected chi connectivity index (χ1v) is 16.9. The Balaban J connectivity index is 1.47. The van der Waals surface area contributed by atoms with Gasteiger partial charge in [-0.15, -0.1) is 0 Å². The van der Waals surface area contributed by atoms with Gasteiger partial charge in [0.15, 0.2) is 6.04 Å². The summed E-state index contributed by atoms with van der Waals surface area (Å²) in [5.74, 6) is 0.206. The minimum absolute atomic E-state index is 0.0557. The summed E-state index contributed by atoms with van der Waals surface area (Å²) in [6.45, 7) is 0. The molecule has 1 aliphatic rings. The molecule has 1 aliphatic carbocycles. The fourth-order valence-corrected chi connectivity index (χ4v) is 6.06. The third-order valence-electron chi connectivity index (χ3n) is 7.23. The summed E-state index contributed by atoms with van der Waals surface area (Å²) in [6, 6.07) is 20.2. The number of carbonyl (C=O) groups excluding carboxylic acids is 4. The maximum atomic E-state index is 13.8. The van der Waals surface area contributed by atoms with Gasteiger partial charge in [0, 0.05) is 17.9 Å². The SMILES string of the molecule is NC(=O)[C@H](C/C=C/c1ccccc1)NC(=O)[C@H](C#CC1CC1)NC(=O)CP(=O)(O)C(Cc1ccccc1)NC(=O)c1cccc(F)c1. The van der Waals surface area contributed by atoms with Crippen LogP contribution < -0.4 is 21.7 Å². The predicted octanol–water partition coefficient (Wildman–Crippen LogP) is 3.37. The quantitative estimate of drug-likeness (QED) is 0.132. The predicted molar refractivity (Wildman–Crippen MR) is 176 cm³/mol. The van der Waals surface area contributed by atoms with Crippen molar-refractivity contribution in [3.63, 3.8) is 0 Å². The van der Waals surface area contributed by atoms with Crippen LogP contribution in [0.1, 0.15) is 40.7 Å². The van der Waals surface area contributed by atoms with Gasteiger partial charge in [-0.1, -0.05) is 90.7 Å². The summed E-state index contributed by atoms with van der Waals surface area (Å²) in [6.07, 6.45) is 4.13. The first kappa shape index (κ1) is 34.8. The topological polar surface area (TPSA) is 168 Å². The van der Waals surface area contributed by atoms with Crippen LogP contribution in [0.25, 0.3) is 6.08 Å². The fourth-order valence-electron chi connectivity index (χ4n) is 4.52. The van der Waals surface area contributed by atoms with Crippen molar-refractivity contribution in [3.05, 3.63) is 114 Å². The van der Waals surface area contributed by atoms with E-state index in [1.807, 2.05) is 30.3 Å². The van der Waals surface area contributed by atoms with Gasteiger partial charge in [-0.2, -0.15) is 0 Å². The van der Waals surface area contributed by atoms with Gasteiger partial charge in [0.05, 0.1) is 0 Å². The average Bonchev–Trinajstić information content (AvgIpc) is 3.87. The van der Waals surface area contributed by atoms with Gasteiger partial charge in [0.1, 0.15) is 23.8 Å². The van der Waals surface area contributed by atoms with Crippen LogP contribution in [0.5, 0.6) is 0 Å². The molecule has 0 aromatic heterocycles. The van der Waals surface area contributed by atoms with Gasteiger partial charge in [-0.25, -0.2) is 4.39 Å². The van der Waals surface area contributed by atoms with Gasteiger partial charge in [0.2, 0.25) is 19.2 Å². The highest BCUT2D eigenvalue weighted by atomic mass is 31.2. The molecule has 0 spiro atoms. The molecule has 0 aliphatic heterocycles. The van der Waals surface area contributed by atoms with Crippen LogP contribution in [0, 0.1) is 23.6 Å². The van der Waals surface area contributed by atoms with Crippen LogP contribution in [0.3, 0.4) is 0 Å². The molecule has 1 saturated carbocycles. The van der Waals surface area contributed by atoms with Crippen LogP contribution in [-0.4, -0.2) is 52.6 Å². The Morgan fingerprint density at radius 2 is 1.64 bits per heavy atom. The van der Waals surface area contributed by atoms with Crippen molar-refractivity contribution >= 4 is 37.1 Å². The summed E-state index contributed by atoms with van der Waals surface area (Å²) in [7, 11) is -4.51. The molecule has 4 amide bonds. The first-order valence-electron chi connectivity index (χ1n) is 15.0. The van der Waals surface area contributed by atoms with Crippen molar-refractivity contribution < 1.29 is 33.0 Å². The molecule has 1 fully saturated rings. The number of carbonyl (C=O) groups is 4. The number of primary amides is 1. The third-order valence-corrected chi connectivity index (χ3v) is 9.26. The van der Waals surface area contributed by atoms with E-state index in [4.69, 9.17) is 5.73 Å². The minimum atomic E-state index is -4.51. The zero-order valence-electron chi connectivity index (χ0n) is 25.5. The molecule has 6 N–H and O–H groups in total. The summed E-state index contributed by atoms with van der Waals surface area (Å²) in [5, 5.41) is 7.41. The Kier molecular flexibility index (Phi) is 12.2. The number of hydrogen-bond donors (Lipinski definition) is 5. The third kappa shape index (κ3) is 11.4. The number of halogens is 1. The number of hydrogen-bond acceptors (Lipinski definition) is 5. The van der Waals surface area contributed by atoms with Crippen LogP contribution in [0.4, 0.5) is 4.39 Å². The van der Waals surface area contributed by atoms with Crippen LogP contribution >= 0.6 is 7.37 Å². The van der Waals surface area contributed by atoms with Gasteiger partial charge in [-0.05, 0) is 48.6 Å². The molecule has 12 heteroatoms. The van der Waals surface area contributed by atoms with E-state index >= 15 is 0 Å². The first-order chi connectivity index (χ1) is 22.5. The Bertz CT molecular complexity index is 1720. The molecule has 0 radical (unpaired) electrons. The van der Waals surface area contributed by atoms with Gasteiger partial charge in [0.25, 0.3) is 11.8 Å². The molecule has 4 rings (SSSR count). The van der Waals surface area contributed by atoms with Crippen molar-refractivity contribution in [3.8, 4) is 11.8 Å². The maximum Gasteiger partial charge on any atom is 0.255 e. The van der Waals surface area contributed by atoms with E-state index in [0.29, 0.717) is 5.56 Å². The lowest BCUT2D eigenvalue weighted by Gasteiger charge is -2.25. The number of nitrogens with one attached hydrogen (secondary N) is 3. The maximum absolute atomic E-state index is 13.8. The second-order valence-corrected chi connectivity index (χ2v) is 13.6. The summed E-state index contributed by atoms with van der Waals surface area (Å²) < 4.78 is 27.5. The Morgan fingerprint density at radius 1 is 0.957 bits per heavy atom. The van der Waals surface area contributed by atoms with Crippen molar-refractivity contribution in [2.45, 2.75) is 43.5 Å². The molecule has 2 unspecified atom stereocenters. The van der Waals surface area contributed by atoms with E-state index < -0.39 is 60.8 Å². The second-order valence-electron chi connectivity index (χ2n) is 11.2. The van der Waals surface area contributed by atoms with Gasteiger partial charge < -0.3 is 26.6 Å². The molecular formula is C35H36FN4O6P. The van der Waals surface area contributed by atoms with Crippen LogP contribution in [0.2, 0.25) is 0 Å². The van der Waals surface area contributed by atoms with Crippen molar-refractivity contribution in [2.75, 3.05) is 6.16 Å². The van der Waals surface area contributed by atoms with E-state index in [1.165, 1.54) is 12.1 Å². The number of nitrogens with two attached hydrogens (primary N) is 1. The van der Waals surface area contributed by atoms with E-state index in [0.717, 1.165) is 30.5 Å². The van der Waals surface area contributed by atoms with E-state index in [1.54, 1.807) is 42.5 Å². The lowest BCUT2D eigenvalue weighted by Crippen LogP contribution is -2.53. The molecule has 0 saturated heterocycles. The average molecular weight is 659 g/mol. The molecule has 244 valence electrons. The number of benzene rings is 3. The van der Waals surface area contributed by atoms with Crippen LogP contribution in [-0.2, 0) is 25.4 Å². The zero-order chi connectivity index (χ0) is 33.8. The number of rotatable bonds is 14. The monoisotopic (exact) mass is 658 g/mol. The summed E-state index contributed by atoms with van der Waals surface area (Å²) in [5.41, 5.74) is 6.96. The van der Waals surface area contributed by atoms with Crippen LogP contribution in [0.15, 0.2) is 91.0 Å². The molecule has 47 heavy (non-hydrogen) atoms. The lowest BCUT2D eigenvalue weighted by atomic mass is 10.1. The molecule has 0 bridgehead atoms. The van der Waals surface area contributed by atoms with Crippen molar-refractivity contribution in [2.24, 2.45) is 11.7 Å². The molecule has 3 aromatic rings. The largest absolute Gasteiger partial charge is 0.368 e. The smallest absolute Gasteiger partial charge is 0.255 e.